The Morgan fingerprint density at radius 1 is 1.11 bits per heavy atom. The molecule has 1 heterocycles. The molecule has 0 fully saturated rings. The van der Waals surface area contributed by atoms with E-state index in [2.05, 4.69) is 10.3 Å². The second-order valence-electron chi connectivity index (χ2n) is 3.93. The van der Waals surface area contributed by atoms with Crippen LogP contribution in [0.4, 0.5) is 17.4 Å². The summed E-state index contributed by atoms with van der Waals surface area (Å²) in [4.78, 5) is 4.27. The summed E-state index contributed by atoms with van der Waals surface area (Å²) in [6.45, 7) is 0. The average Bonchev–Trinajstić information content (AvgIpc) is 2.81. The van der Waals surface area contributed by atoms with Crippen molar-refractivity contribution in [3.63, 3.8) is 0 Å². The van der Waals surface area contributed by atoms with Gasteiger partial charge < -0.3 is 20.2 Å². The summed E-state index contributed by atoms with van der Waals surface area (Å²) in [5, 5.41) is 22.2. The van der Waals surface area contributed by atoms with E-state index in [1.54, 1.807) is 12.1 Å². The minimum Gasteiger partial charge on any atom is -0.733 e. The molecule has 0 aliphatic rings. The summed E-state index contributed by atoms with van der Waals surface area (Å²) in [6, 6.07) is 14.1. The second kappa shape index (κ2) is 4.60. The molecule has 2 aromatic carbocycles. The van der Waals surface area contributed by atoms with E-state index >= 15 is 0 Å². The first-order chi connectivity index (χ1) is 9.22. The van der Waals surface area contributed by atoms with E-state index in [0.29, 0.717) is 17.3 Å². The van der Waals surface area contributed by atoms with E-state index in [1.807, 2.05) is 24.3 Å². The molecule has 96 valence electrons. The van der Waals surface area contributed by atoms with Crippen LogP contribution in [0.15, 0.2) is 52.9 Å². The van der Waals surface area contributed by atoms with E-state index in [4.69, 9.17) is 9.62 Å². The van der Waals surface area contributed by atoms with Crippen LogP contribution in [0.3, 0.4) is 0 Å². The molecule has 3 aromatic rings. The van der Waals surface area contributed by atoms with Crippen molar-refractivity contribution in [3.8, 4) is 0 Å². The van der Waals surface area contributed by atoms with E-state index in [1.165, 1.54) is 12.1 Å². The van der Waals surface area contributed by atoms with Gasteiger partial charge in [0, 0.05) is 5.69 Å². The monoisotopic (exact) mass is 256 g/mol. The Morgan fingerprint density at radius 2 is 1.84 bits per heavy atom. The number of nitrogens with one attached hydrogen (secondary N) is 1. The van der Waals surface area contributed by atoms with Crippen LogP contribution in [-0.2, 0) is 0 Å². The smallest absolute Gasteiger partial charge is 0.300 e. The Labute approximate surface area is 108 Å². The molecule has 0 atom stereocenters. The zero-order valence-electron chi connectivity index (χ0n) is 9.78. The van der Waals surface area contributed by atoms with Gasteiger partial charge in [-0.3, -0.25) is 5.21 Å². The lowest BCUT2D eigenvalue weighted by molar-refractivity contribution is 0.296. The van der Waals surface area contributed by atoms with E-state index in [-0.39, 0.29) is 10.9 Å². The fourth-order valence-corrected chi connectivity index (χ4v) is 1.72. The first-order valence-corrected chi connectivity index (χ1v) is 5.61. The molecule has 0 saturated carbocycles. The summed E-state index contributed by atoms with van der Waals surface area (Å²) in [7, 11) is 0. The molecule has 2 N–H and O–H groups in total. The number of rotatable bonds is 3. The Kier molecular flexibility index (Phi) is 2.79. The van der Waals surface area contributed by atoms with Gasteiger partial charge in [0.15, 0.2) is 5.58 Å². The van der Waals surface area contributed by atoms with Crippen molar-refractivity contribution in [1.29, 1.82) is 0 Å². The summed E-state index contributed by atoms with van der Waals surface area (Å²) in [5.74, 6) is 0. The van der Waals surface area contributed by atoms with E-state index in [0.717, 1.165) is 5.52 Å². The van der Waals surface area contributed by atoms with Crippen molar-refractivity contribution >= 4 is 28.5 Å². The molecule has 0 aliphatic heterocycles. The highest BCUT2D eigenvalue weighted by Crippen LogP contribution is 2.23. The van der Waals surface area contributed by atoms with Crippen LogP contribution in [-0.4, -0.2) is 10.2 Å². The van der Waals surface area contributed by atoms with Gasteiger partial charge in [0.2, 0.25) is 0 Å². The molecular formula is C13H10N3O3-. The molecule has 0 unspecified atom stereocenters. The van der Waals surface area contributed by atoms with E-state index < -0.39 is 0 Å². The lowest BCUT2D eigenvalue weighted by atomic mass is 10.3. The summed E-state index contributed by atoms with van der Waals surface area (Å²) >= 11 is 0. The number of para-hydroxylation sites is 2. The van der Waals surface area contributed by atoms with Crippen LogP contribution in [0.25, 0.3) is 11.1 Å². The maximum atomic E-state index is 10.7. The lowest BCUT2D eigenvalue weighted by Gasteiger charge is -2.21. The standard InChI is InChI=1S/C13H10N3O3/c17-16(18)10-7-5-9(6-8-10)14-13-15-11-3-1-2-4-12(11)19-13/h1-8,17H,(H,14,15)/q-1. The minimum absolute atomic E-state index is 0.156. The van der Waals surface area contributed by atoms with Gasteiger partial charge in [0.25, 0.3) is 6.01 Å². The van der Waals surface area contributed by atoms with E-state index in [9.17, 15) is 5.21 Å². The molecule has 0 spiro atoms. The van der Waals surface area contributed by atoms with Crippen molar-refractivity contribution in [2.45, 2.75) is 0 Å². The van der Waals surface area contributed by atoms with Crippen molar-refractivity contribution in [2.75, 3.05) is 10.5 Å². The summed E-state index contributed by atoms with van der Waals surface area (Å²) in [6.07, 6.45) is 0. The first kappa shape index (κ1) is 11.5. The highest BCUT2D eigenvalue weighted by Gasteiger charge is 2.04. The zero-order chi connectivity index (χ0) is 13.2. The topological polar surface area (TPSA) is 84.6 Å². The molecule has 6 nitrogen and oxygen atoms in total. The van der Waals surface area contributed by atoms with Gasteiger partial charge in [-0.2, -0.15) is 4.98 Å². The average molecular weight is 256 g/mol. The number of oxazole rings is 1. The molecule has 0 aliphatic carbocycles. The highest BCUT2D eigenvalue weighted by molar-refractivity contribution is 5.75. The molecule has 0 bridgehead atoms. The van der Waals surface area contributed by atoms with Crippen LogP contribution in [0.5, 0.6) is 0 Å². The van der Waals surface area contributed by atoms with Gasteiger partial charge in [-0.1, -0.05) is 12.1 Å². The number of nitrogens with zero attached hydrogens (tertiary/aromatic N) is 2. The number of hydrogen-bond donors (Lipinski definition) is 2. The SMILES string of the molecule is [O-]N(O)c1ccc(Nc2nc3ccccc3o2)cc1. The third-order valence-electron chi connectivity index (χ3n) is 2.63. The fraction of sp³-hybridized carbons (Fsp3) is 0. The molecule has 0 radical (unpaired) electrons. The molecule has 19 heavy (non-hydrogen) atoms. The molecule has 0 amide bonds. The number of fused-ring (bicyclic) bond motifs is 1. The second-order valence-corrected chi connectivity index (χ2v) is 3.93. The quantitative estimate of drug-likeness (QED) is 0.699. The van der Waals surface area contributed by atoms with Crippen LogP contribution in [0, 0.1) is 5.21 Å². The lowest BCUT2D eigenvalue weighted by Crippen LogP contribution is -2.06. The maximum absolute atomic E-state index is 10.7. The minimum atomic E-state index is -0.191. The summed E-state index contributed by atoms with van der Waals surface area (Å²) in [5.41, 5.74) is 2.32. The highest BCUT2D eigenvalue weighted by atomic mass is 16.8. The number of anilines is 3. The largest absolute Gasteiger partial charge is 0.733 e. The van der Waals surface area contributed by atoms with Crippen molar-refractivity contribution in [3.05, 3.63) is 53.7 Å². The van der Waals surface area contributed by atoms with Gasteiger partial charge in [-0.05, 0) is 36.4 Å². The third-order valence-corrected chi connectivity index (χ3v) is 2.63. The Bertz CT molecular complexity index is 659. The molecule has 6 heteroatoms. The molecular weight excluding hydrogens is 246 g/mol. The molecule has 0 saturated heterocycles. The van der Waals surface area contributed by atoms with Gasteiger partial charge >= 0.3 is 0 Å². The first-order valence-electron chi connectivity index (χ1n) is 5.61. The van der Waals surface area contributed by atoms with Gasteiger partial charge in [-0.25, -0.2) is 0 Å². The van der Waals surface area contributed by atoms with Crippen molar-refractivity contribution in [1.82, 2.24) is 4.98 Å². The molecule has 1 aromatic heterocycles. The Hall–Kier alpha value is -2.57. The van der Waals surface area contributed by atoms with Crippen LogP contribution >= 0.6 is 0 Å². The number of hydrogen-bond acceptors (Lipinski definition) is 6. The van der Waals surface area contributed by atoms with Gasteiger partial charge in [0.05, 0.1) is 5.69 Å². The van der Waals surface area contributed by atoms with Crippen LogP contribution in [0.1, 0.15) is 0 Å². The third kappa shape index (κ3) is 2.35. The van der Waals surface area contributed by atoms with Crippen LogP contribution < -0.4 is 10.5 Å². The number of aromatic nitrogens is 1. The predicted octanol–water partition coefficient (Wildman–Crippen LogP) is 3.26. The number of benzene rings is 2. The van der Waals surface area contributed by atoms with Crippen molar-refractivity contribution in [2.24, 2.45) is 0 Å². The van der Waals surface area contributed by atoms with Crippen molar-refractivity contribution < 1.29 is 9.62 Å². The maximum Gasteiger partial charge on any atom is 0.300 e. The van der Waals surface area contributed by atoms with Crippen LogP contribution in [0.2, 0.25) is 0 Å². The molecule has 3 rings (SSSR count). The van der Waals surface area contributed by atoms with Gasteiger partial charge in [-0.15, -0.1) is 0 Å². The Morgan fingerprint density at radius 3 is 2.53 bits per heavy atom. The zero-order valence-corrected chi connectivity index (χ0v) is 9.78. The summed E-state index contributed by atoms with van der Waals surface area (Å²) < 4.78 is 5.51. The fourth-order valence-electron chi connectivity index (χ4n) is 1.72. The Balaban J connectivity index is 1.84. The van der Waals surface area contributed by atoms with Gasteiger partial charge in [0.1, 0.15) is 5.52 Å². The predicted molar refractivity (Wildman–Crippen MR) is 71.4 cm³/mol. The normalized spacial score (nSPS) is 10.6.